The van der Waals surface area contributed by atoms with Gasteiger partial charge in [-0.25, -0.2) is 9.59 Å². The van der Waals surface area contributed by atoms with Crippen molar-refractivity contribution >= 4 is 40.9 Å². The molecule has 0 bridgehead atoms. The molecule has 0 atom stereocenters. The van der Waals surface area contributed by atoms with Crippen LogP contribution in [0.2, 0.25) is 0 Å². The zero-order valence-electron chi connectivity index (χ0n) is 14.9. The normalized spacial score (nSPS) is 10.1. The summed E-state index contributed by atoms with van der Waals surface area (Å²) in [6, 6.07) is 9.64. The van der Waals surface area contributed by atoms with Crippen LogP contribution in [0.1, 0.15) is 21.5 Å². The highest BCUT2D eigenvalue weighted by Crippen LogP contribution is 2.18. The van der Waals surface area contributed by atoms with E-state index in [1.54, 1.807) is 0 Å². The Balaban J connectivity index is 1.80. The van der Waals surface area contributed by atoms with Gasteiger partial charge in [0.2, 0.25) is 5.91 Å². The topological polar surface area (TPSA) is 148 Å². The molecule has 0 radical (unpaired) electrons. The number of ether oxygens (including phenoxy) is 1. The van der Waals surface area contributed by atoms with Gasteiger partial charge in [0, 0.05) is 23.7 Å². The van der Waals surface area contributed by atoms with Crippen LogP contribution < -0.4 is 10.6 Å². The first-order valence-corrected chi connectivity index (χ1v) is 8.69. The number of carbonyl (C=O) groups excluding carboxylic acids is 2. The van der Waals surface area contributed by atoms with Gasteiger partial charge < -0.3 is 20.5 Å². The lowest BCUT2D eigenvalue weighted by atomic mass is 10.1. The Morgan fingerprint density at radius 3 is 2.41 bits per heavy atom. The number of benzene rings is 2. The number of nitrogens with one attached hydrogen (secondary N) is 2. The predicted octanol–water partition coefficient (Wildman–Crippen LogP) is 2.90. The van der Waals surface area contributed by atoms with E-state index < -0.39 is 22.9 Å². The molecule has 0 aliphatic carbocycles. The van der Waals surface area contributed by atoms with Crippen LogP contribution >= 0.6 is 11.6 Å². The largest absolute Gasteiger partial charge is 0.478 e. The molecule has 0 aromatic heterocycles. The van der Waals surface area contributed by atoms with Crippen LogP contribution in [-0.4, -0.2) is 34.5 Å². The highest BCUT2D eigenvalue weighted by molar-refractivity contribution is 6.17. The van der Waals surface area contributed by atoms with Crippen LogP contribution in [0.4, 0.5) is 16.2 Å². The third-order valence-corrected chi connectivity index (χ3v) is 3.96. The Bertz CT molecular complexity index is 932. The Morgan fingerprint density at radius 1 is 1.14 bits per heavy atom. The van der Waals surface area contributed by atoms with Crippen molar-refractivity contribution in [3.63, 3.8) is 0 Å². The number of carboxylic acids is 1. The molecule has 11 heteroatoms. The number of non-ortho nitro benzene ring substituents is 1. The third kappa shape index (κ3) is 6.47. The number of halogens is 1. The standard InChI is InChI=1S/C18H16ClN3O7/c19-8-12-7-13(3-6-15(12)17(24)25)21-16(23)9-20-18(26)29-10-11-1-4-14(5-2-11)22(27)28/h1-7H,8-10H2,(H,20,26)(H,21,23)(H,24,25). The van der Waals surface area contributed by atoms with Gasteiger partial charge in [-0.3, -0.25) is 14.9 Å². The van der Waals surface area contributed by atoms with Crippen LogP contribution in [0, 0.1) is 10.1 Å². The van der Waals surface area contributed by atoms with Gasteiger partial charge in [0.1, 0.15) is 13.2 Å². The van der Waals surface area contributed by atoms with E-state index in [9.17, 15) is 24.5 Å². The smallest absolute Gasteiger partial charge is 0.407 e. The SMILES string of the molecule is O=C(CNC(=O)OCc1ccc([N+](=O)[O-])cc1)Nc1ccc(C(=O)O)c(CCl)c1. The summed E-state index contributed by atoms with van der Waals surface area (Å²) in [5, 5.41) is 24.4. The molecule has 2 aromatic rings. The van der Waals surface area contributed by atoms with Crippen molar-refractivity contribution in [3.8, 4) is 0 Å². The summed E-state index contributed by atoms with van der Waals surface area (Å²) in [7, 11) is 0. The Morgan fingerprint density at radius 2 is 1.83 bits per heavy atom. The molecule has 2 aromatic carbocycles. The maximum absolute atomic E-state index is 11.9. The van der Waals surface area contributed by atoms with Crippen molar-refractivity contribution in [2.75, 3.05) is 11.9 Å². The summed E-state index contributed by atoms with van der Waals surface area (Å²) < 4.78 is 4.93. The van der Waals surface area contributed by atoms with Gasteiger partial charge in [0.05, 0.1) is 10.5 Å². The highest BCUT2D eigenvalue weighted by atomic mass is 35.5. The van der Waals surface area contributed by atoms with Crippen LogP contribution in [0.25, 0.3) is 0 Å². The number of carboxylic acid groups (broad SMARTS) is 1. The van der Waals surface area contributed by atoms with Crippen molar-refractivity contribution < 1.29 is 29.2 Å². The molecule has 0 fully saturated rings. The molecular weight excluding hydrogens is 406 g/mol. The summed E-state index contributed by atoms with van der Waals surface area (Å²) in [6.07, 6.45) is -0.846. The van der Waals surface area contributed by atoms with E-state index in [4.69, 9.17) is 21.4 Å². The fourth-order valence-electron chi connectivity index (χ4n) is 2.26. The third-order valence-electron chi connectivity index (χ3n) is 3.67. The first-order chi connectivity index (χ1) is 13.8. The van der Waals surface area contributed by atoms with Crippen molar-refractivity contribution in [1.29, 1.82) is 0 Å². The molecule has 0 heterocycles. The maximum atomic E-state index is 11.9. The number of alkyl halides is 1. The number of carbonyl (C=O) groups is 3. The van der Waals surface area contributed by atoms with Gasteiger partial charge in [0.25, 0.3) is 5.69 Å². The lowest BCUT2D eigenvalue weighted by Gasteiger charge is -2.10. The minimum atomic E-state index is -1.13. The van der Waals surface area contributed by atoms with E-state index in [-0.39, 0.29) is 30.3 Å². The van der Waals surface area contributed by atoms with Gasteiger partial charge in [0.15, 0.2) is 0 Å². The summed E-state index contributed by atoms with van der Waals surface area (Å²) in [6.45, 7) is -0.503. The summed E-state index contributed by atoms with van der Waals surface area (Å²) in [5.41, 5.74) is 1.17. The Kier molecular flexibility index (Phi) is 7.49. The van der Waals surface area contributed by atoms with Gasteiger partial charge in [-0.2, -0.15) is 0 Å². The van der Waals surface area contributed by atoms with E-state index >= 15 is 0 Å². The highest BCUT2D eigenvalue weighted by Gasteiger charge is 2.12. The summed E-state index contributed by atoms with van der Waals surface area (Å²) in [5.74, 6) is -1.73. The molecule has 29 heavy (non-hydrogen) atoms. The number of alkyl carbamates (subject to hydrolysis) is 1. The fourth-order valence-corrected chi connectivity index (χ4v) is 2.48. The number of rotatable bonds is 8. The van der Waals surface area contributed by atoms with Gasteiger partial charge in [-0.15, -0.1) is 11.6 Å². The zero-order valence-corrected chi connectivity index (χ0v) is 15.6. The van der Waals surface area contributed by atoms with E-state index in [1.165, 1.54) is 42.5 Å². The molecule has 0 aliphatic heterocycles. The quantitative estimate of drug-likeness (QED) is 0.337. The average molecular weight is 422 g/mol. The minimum absolute atomic E-state index is 0.0333. The van der Waals surface area contributed by atoms with Crippen molar-refractivity contribution in [2.45, 2.75) is 12.5 Å². The zero-order chi connectivity index (χ0) is 21.4. The summed E-state index contributed by atoms with van der Waals surface area (Å²) >= 11 is 5.71. The number of nitro benzene ring substituents is 1. The van der Waals surface area contributed by atoms with E-state index in [2.05, 4.69) is 10.6 Å². The number of nitro groups is 1. The number of amides is 2. The molecule has 152 valence electrons. The second-order valence-corrected chi connectivity index (χ2v) is 5.98. The van der Waals surface area contributed by atoms with Crippen LogP contribution in [0.3, 0.4) is 0 Å². The Labute approximate surface area is 169 Å². The van der Waals surface area contributed by atoms with E-state index in [0.29, 0.717) is 16.8 Å². The van der Waals surface area contributed by atoms with Gasteiger partial charge in [-0.1, -0.05) is 0 Å². The van der Waals surface area contributed by atoms with Gasteiger partial charge in [-0.05, 0) is 41.5 Å². The van der Waals surface area contributed by atoms with Crippen LogP contribution in [0.5, 0.6) is 0 Å². The molecule has 3 N–H and O–H groups in total. The van der Waals surface area contributed by atoms with Gasteiger partial charge >= 0.3 is 12.1 Å². The molecule has 0 unspecified atom stereocenters. The maximum Gasteiger partial charge on any atom is 0.407 e. The second-order valence-electron chi connectivity index (χ2n) is 5.71. The lowest BCUT2D eigenvalue weighted by Crippen LogP contribution is -2.33. The molecule has 10 nitrogen and oxygen atoms in total. The van der Waals surface area contributed by atoms with Crippen molar-refractivity contribution in [2.24, 2.45) is 0 Å². The molecule has 0 saturated heterocycles. The number of anilines is 1. The monoisotopic (exact) mass is 421 g/mol. The average Bonchev–Trinajstić information content (AvgIpc) is 2.70. The van der Waals surface area contributed by atoms with E-state index in [1.807, 2.05) is 0 Å². The number of aromatic carboxylic acids is 1. The molecular formula is C18H16ClN3O7. The van der Waals surface area contributed by atoms with Crippen LogP contribution in [-0.2, 0) is 22.0 Å². The Hall–Kier alpha value is -3.66. The second kappa shape index (κ2) is 10.0. The lowest BCUT2D eigenvalue weighted by molar-refractivity contribution is -0.384. The molecule has 0 saturated carbocycles. The first kappa shape index (κ1) is 21.6. The molecule has 2 amide bonds. The fraction of sp³-hybridized carbons (Fsp3) is 0.167. The number of hydrogen-bond acceptors (Lipinski definition) is 6. The first-order valence-electron chi connectivity index (χ1n) is 8.16. The minimum Gasteiger partial charge on any atom is -0.478 e. The summed E-state index contributed by atoms with van der Waals surface area (Å²) in [4.78, 5) is 44.7. The predicted molar refractivity (Wildman–Crippen MR) is 103 cm³/mol. The van der Waals surface area contributed by atoms with Crippen LogP contribution in [0.15, 0.2) is 42.5 Å². The van der Waals surface area contributed by atoms with Crippen molar-refractivity contribution in [1.82, 2.24) is 5.32 Å². The number of nitrogens with zero attached hydrogens (tertiary/aromatic N) is 1. The molecule has 2 rings (SSSR count). The molecule has 0 aliphatic rings. The van der Waals surface area contributed by atoms with E-state index in [0.717, 1.165) is 0 Å². The number of hydrogen-bond donors (Lipinski definition) is 3. The van der Waals surface area contributed by atoms with Crippen molar-refractivity contribution in [3.05, 3.63) is 69.3 Å². The molecule has 0 spiro atoms.